The van der Waals surface area contributed by atoms with Crippen LogP contribution in [0.1, 0.15) is 44.2 Å². The van der Waals surface area contributed by atoms with Crippen LogP contribution in [0.15, 0.2) is 65.9 Å². The molecule has 0 aliphatic carbocycles. The Balaban J connectivity index is 1.46. The zero-order valence-corrected chi connectivity index (χ0v) is 27.2. The van der Waals surface area contributed by atoms with Crippen LogP contribution in [-0.4, -0.2) is 75.4 Å². The van der Waals surface area contributed by atoms with E-state index in [0.717, 1.165) is 32.9 Å². The number of guanidine groups is 1. The molecule has 0 fully saturated rings. The number of carboxylic acids is 1. The normalized spacial score (nSPS) is 13.8. The number of fused-ring (bicyclic) bond motifs is 2. The lowest BCUT2D eigenvalue weighted by molar-refractivity contribution is -0.142. The Hall–Kier alpha value is -5.37. The van der Waals surface area contributed by atoms with E-state index in [4.69, 9.17) is 17.2 Å². The molecule has 256 valence electrons. The molecule has 0 saturated carbocycles. The summed E-state index contributed by atoms with van der Waals surface area (Å²) in [4.78, 5) is 63.0. The third-order valence-electron chi connectivity index (χ3n) is 8.08. The Morgan fingerprint density at radius 1 is 0.771 bits per heavy atom. The molecule has 2 aromatic heterocycles. The van der Waals surface area contributed by atoms with Crippen molar-refractivity contribution in [2.45, 2.75) is 70.1 Å². The van der Waals surface area contributed by atoms with Crippen molar-refractivity contribution in [2.24, 2.45) is 28.1 Å². The highest BCUT2D eigenvalue weighted by Gasteiger charge is 2.31. The quantitative estimate of drug-likeness (QED) is 0.0454. The molecule has 0 saturated heterocycles. The van der Waals surface area contributed by atoms with E-state index in [-0.39, 0.29) is 44.1 Å². The van der Waals surface area contributed by atoms with Crippen LogP contribution in [0.25, 0.3) is 21.8 Å². The second-order valence-corrected chi connectivity index (χ2v) is 12.3. The number of carbonyl (C=O) groups excluding carboxylic acids is 3. The molecule has 0 aliphatic rings. The van der Waals surface area contributed by atoms with E-state index in [9.17, 15) is 24.3 Å². The maximum atomic E-state index is 13.7. The number of hydrogen-bond acceptors (Lipinski definition) is 6. The van der Waals surface area contributed by atoms with Gasteiger partial charge in [-0.3, -0.25) is 19.4 Å². The topological polar surface area (TPSA) is 247 Å². The lowest BCUT2D eigenvalue weighted by Gasteiger charge is -2.26. The number of H-pyrrole nitrogens is 2. The summed E-state index contributed by atoms with van der Waals surface area (Å²) >= 11 is 0. The Morgan fingerprint density at radius 3 is 1.85 bits per heavy atom. The van der Waals surface area contributed by atoms with Gasteiger partial charge in [0, 0.05) is 47.2 Å². The smallest absolute Gasteiger partial charge is 0.326 e. The number of nitrogens with zero attached hydrogens (tertiary/aromatic N) is 1. The molecular formula is C34H45N9O5. The number of rotatable bonds is 17. The molecule has 12 N–H and O–H groups in total. The van der Waals surface area contributed by atoms with Gasteiger partial charge in [0.15, 0.2) is 5.96 Å². The average molecular weight is 660 g/mol. The molecule has 4 unspecified atom stereocenters. The summed E-state index contributed by atoms with van der Waals surface area (Å²) in [5.41, 5.74) is 20.5. The molecule has 0 aliphatic heterocycles. The van der Waals surface area contributed by atoms with Crippen LogP contribution in [0.2, 0.25) is 0 Å². The highest BCUT2D eigenvalue weighted by Crippen LogP contribution is 2.20. The molecule has 4 atom stereocenters. The van der Waals surface area contributed by atoms with E-state index in [1.807, 2.05) is 62.4 Å². The number of aromatic nitrogens is 2. The van der Waals surface area contributed by atoms with Crippen molar-refractivity contribution < 1.29 is 24.3 Å². The average Bonchev–Trinajstić information content (AvgIpc) is 3.65. The number of para-hydroxylation sites is 2. The van der Waals surface area contributed by atoms with E-state index in [2.05, 4.69) is 30.9 Å². The van der Waals surface area contributed by atoms with Gasteiger partial charge in [-0.1, -0.05) is 50.2 Å². The van der Waals surface area contributed by atoms with E-state index < -0.39 is 47.9 Å². The molecule has 14 nitrogen and oxygen atoms in total. The van der Waals surface area contributed by atoms with Crippen LogP contribution < -0.4 is 33.2 Å². The predicted octanol–water partition coefficient (Wildman–Crippen LogP) is 1.40. The van der Waals surface area contributed by atoms with E-state index in [1.54, 1.807) is 12.4 Å². The number of hydrogen-bond donors (Lipinski definition) is 9. The van der Waals surface area contributed by atoms with Gasteiger partial charge in [-0.05, 0) is 54.9 Å². The summed E-state index contributed by atoms with van der Waals surface area (Å²) in [6.45, 7) is 3.98. The SMILES string of the molecule is CC(C)CC(NC(=O)C(CCCN=C(N)N)NC(=O)C(N)Cc1c[nH]c2ccccc12)C(=O)NC(Cc1c[nH]c2ccccc12)C(=O)O. The minimum atomic E-state index is -1.25. The van der Waals surface area contributed by atoms with Gasteiger partial charge in [-0.15, -0.1) is 0 Å². The molecular weight excluding hydrogens is 614 g/mol. The molecule has 4 rings (SSSR count). The first-order valence-electron chi connectivity index (χ1n) is 16.0. The Kier molecular flexibility index (Phi) is 12.2. The van der Waals surface area contributed by atoms with Crippen LogP contribution in [0, 0.1) is 5.92 Å². The standard InChI is InChI=1S/C34H45N9O5/c1-19(2)14-28(32(46)43-29(33(47)48)16-21-18-40-26-11-6-4-9-23(21)26)42-31(45)27(12-7-13-38-34(36)37)41-30(44)24(35)15-20-17-39-25-10-5-3-8-22(20)25/h3-6,8-11,17-19,24,27-29,39-40H,7,12-16,35H2,1-2H3,(H,41,44)(H,42,45)(H,43,46)(H,47,48)(H4,36,37,38). The fourth-order valence-corrected chi connectivity index (χ4v) is 5.65. The molecule has 2 heterocycles. The van der Waals surface area contributed by atoms with Crippen LogP contribution >= 0.6 is 0 Å². The van der Waals surface area contributed by atoms with Crippen molar-refractivity contribution in [2.75, 3.05) is 6.54 Å². The third kappa shape index (κ3) is 9.58. The molecule has 0 radical (unpaired) electrons. The van der Waals surface area contributed by atoms with Gasteiger partial charge in [0.1, 0.15) is 18.1 Å². The number of carboxylic acid groups (broad SMARTS) is 1. The predicted molar refractivity (Wildman–Crippen MR) is 185 cm³/mol. The molecule has 14 heteroatoms. The van der Waals surface area contributed by atoms with Crippen molar-refractivity contribution in [3.63, 3.8) is 0 Å². The summed E-state index contributed by atoms with van der Waals surface area (Å²) < 4.78 is 0. The van der Waals surface area contributed by atoms with E-state index in [1.165, 1.54) is 0 Å². The largest absolute Gasteiger partial charge is 0.480 e. The number of nitrogens with two attached hydrogens (primary N) is 3. The highest BCUT2D eigenvalue weighted by molar-refractivity contribution is 5.95. The second kappa shape index (κ2) is 16.5. The lowest BCUT2D eigenvalue weighted by Crippen LogP contribution is -2.57. The minimum Gasteiger partial charge on any atom is -0.480 e. The van der Waals surface area contributed by atoms with Gasteiger partial charge in [0.05, 0.1) is 6.04 Å². The van der Waals surface area contributed by atoms with E-state index >= 15 is 0 Å². The summed E-state index contributed by atoms with van der Waals surface area (Å²) in [5, 5.41) is 19.9. The maximum absolute atomic E-state index is 13.7. The lowest BCUT2D eigenvalue weighted by atomic mass is 10.00. The fraction of sp³-hybridized carbons (Fsp3) is 0.382. The number of benzene rings is 2. The number of amides is 3. The number of aliphatic carboxylic acids is 1. The van der Waals surface area contributed by atoms with Crippen molar-refractivity contribution in [1.82, 2.24) is 25.9 Å². The van der Waals surface area contributed by atoms with Gasteiger partial charge >= 0.3 is 5.97 Å². The summed E-state index contributed by atoms with van der Waals surface area (Å²) in [5.74, 6) is -3.15. The fourth-order valence-electron chi connectivity index (χ4n) is 5.65. The zero-order chi connectivity index (χ0) is 34.8. The van der Waals surface area contributed by atoms with Gasteiger partial charge in [0.2, 0.25) is 17.7 Å². The molecule has 2 aromatic carbocycles. The monoisotopic (exact) mass is 659 g/mol. The van der Waals surface area contributed by atoms with Crippen LogP contribution in [0.5, 0.6) is 0 Å². The summed E-state index contributed by atoms with van der Waals surface area (Å²) in [7, 11) is 0. The summed E-state index contributed by atoms with van der Waals surface area (Å²) in [6.07, 6.45) is 4.51. The maximum Gasteiger partial charge on any atom is 0.326 e. The number of carbonyl (C=O) groups is 4. The minimum absolute atomic E-state index is 0.0301. The third-order valence-corrected chi connectivity index (χ3v) is 8.08. The molecule has 4 aromatic rings. The molecule has 0 spiro atoms. The highest BCUT2D eigenvalue weighted by atomic mass is 16.4. The first kappa shape index (κ1) is 35.5. The number of aromatic amines is 2. The Labute approximate surface area is 278 Å². The Bertz CT molecular complexity index is 1760. The number of aliphatic imine (C=N–C) groups is 1. The Morgan fingerprint density at radius 2 is 1.29 bits per heavy atom. The van der Waals surface area contributed by atoms with Crippen molar-refractivity contribution in [1.29, 1.82) is 0 Å². The first-order chi connectivity index (χ1) is 22.9. The van der Waals surface area contributed by atoms with Crippen molar-refractivity contribution in [3.8, 4) is 0 Å². The van der Waals surface area contributed by atoms with E-state index in [0.29, 0.717) is 6.42 Å². The molecule has 48 heavy (non-hydrogen) atoms. The molecule has 0 bridgehead atoms. The van der Waals surface area contributed by atoms with Crippen LogP contribution in [0.3, 0.4) is 0 Å². The van der Waals surface area contributed by atoms with Gasteiger partial charge < -0.3 is 48.2 Å². The van der Waals surface area contributed by atoms with Gasteiger partial charge in [0.25, 0.3) is 0 Å². The second-order valence-electron chi connectivity index (χ2n) is 12.3. The number of nitrogens with one attached hydrogen (secondary N) is 5. The van der Waals surface area contributed by atoms with Crippen molar-refractivity contribution in [3.05, 3.63) is 72.1 Å². The zero-order valence-electron chi connectivity index (χ0n) is 27.2. The van der Waals surface area contributed by atoms with Crippen LogP contribution in [0.4, 0.5) is 0 Å². The van der Waals surface area contributed by atoms with Crippen LogP contribution in [-0.2, 0) is 32.0 Å². The van der Waals surface area contributed by atoms with Gasteiger partial charge in [-0.2, -0.15) is 0 Å². The molecule has 3 amide bonds. The summed E-state index contributed by atoms with van der Waals surface area (Å²) in [6, 6.07) is 10.8. The van der Waals surface area contributed by atoms with Crippen molar-refractivity contribution >= 4 is 51.5 Å². The first-order valence-corrected chi connectivity index (χ1v) is 16.0. The van der Waals surface area contributed by atoms with Gasteiger partial charge in [-0.25, -0.2) is 4.79 Å².